The molecule has 0 rings (SSSR count). The topological polar surface area (TPSA) is 107 Å². The molecule has 0 saturated heterocycles. The summed E-state index contributed by atoms with van der Waals surface area (Å²) in [5.41, 5.74) is -0.699. The molecule has 0 spiro atoms. The van der Waals surface area contributed by atoms with E-state index in [1.54, 1.807) is 20.8 Å². The van der Waals surface area contributed by atoms with Gasteiger partial charge in [-0.2, -0.15) is 0 Å². The van der Waals surface area contributed by atoms with Crippen LogP contribution in [0.2, 0.25) is 0 Å². The van der Waals surface area contributed by atoms with Crippen molar-refractivity contribution in [2.75, 3.05) is 12.5 Å². The Morgan fingerprint density at radius 1 is 1.14 bits per heavy atom. The first-order valence-electron chi connectivity index (χ1n) is 6.23. The Morgan fingerprint density at radius 2 is 1.71 bits per heavy atom. The average molecular weight is 320 g/mol. The number of ether oxygens (including phenoxy) is 2. The summed E-state index contributed by atoms with van der Waals surface area (Å²) in [7, 11) is 0. The molecule has 0 bridgehead atoms. The van der Waals surface area contributed by atoms with Gasteiger partial charge in [-0.25, -0.2) is 4.79 Å². The van der Waals surface area contributed by atoms with Crippen LogP contribution in [-0.4, -0.2) is 40.7 Å². The zero-order chi connectivity index (χ0) is 16.6. The van der Waals surface area contributed by atoms with Crippen molar-refractivity contribution in [2.24, 2.45) is 11.3 Å². The fourth-order valence-electron chi connectivity index (χ4n) is 1.12. The predicted octanol–water partition coefficient (Wildman–Crippen LogP) is 2.08. The molecule has 0 unspecified atom stereocenters. The minimum atomic E-state index is -1.15. The summed E-state index contributed by atoms with van der Waals surface area (Å²) >= 11 is 0.629. The van der Waals surface area contributed by atoms with Crippen molar-refractivity contribution in [3.05, 3.63) is 0 Å². The summed E-state index contributed by atoms with van der Waals surface area (Å²) < 4.78 is 9.38. The number of hydrogen-bond acceptors (Lipinski definition) is 7. The second-order valence-corrected chi connectivity index (χ2v) is 6.40. The highest BCUT2D eigenvalue weighted by atomic mass is 32.2. The van der Waals surface area contributed by atoms with E-state index < -0.39 is 35.4 Å². The summed E-state index contributed by atoms with van der Waals surface area (Å²) in [6.45, 7) is 5.73. The molecule has 0 radical (unpaired) electrons. The molecular formula is C13H20O7S. The molecule has 1 N–H and O–H groups in total. The number of esters is 1. The van der Waals surface area contributed by atoms with Crippen LogP contribution in [0.1, 0.15) is 34.1 Å². The number of Topliss-reactive ketones (excluding diaryl/α,β-unsaturated/α-hetero) is 1. The third-order valence-corrected chi connectivity index (χ3v) is 3.19. The van der Waals surface area contributed by atoms with Gasteiger partial charge < -0.3 is 19.4 Å². The van der Waals surface area contributed by atoms with Gasteiger partial charge in [-0.05, 0) is 39.5 Å². The van der Waals surface area contributed by atoms with Crippen molar-refractivity contribution in [3.63, 3.8) is 0 Å². The van der Waals surface area contributed by atoms with E-state index in [2.05, 4.69) is 4.74 Å². The number of ketones is 1. The molecule has 7 nitrogen and oxygen atoms in total. The second-order valence-electron chi connectivity index (χ2n) is 5.45. The van der Waals surface area contributed by atoms with Crippen molar-refractivity contribution >= 4 is 34.8 Å². The minimum absolute atomic E-state index is 0.0824. The molecule has 1 atom stereocenters. The maximum atomic E-state index is 11.4. The van der Waals surface area contributed by atoms with Crippen LogP contribution in [0.15, 0.2) is 0 Å². The van der Waals surface area contributed by atoms with Gasteiger partial charge in [-0.15, -0.1) is 0 Å². The van der Waals surface area contributed by atoms with Crippen LogP contribution in [0, 0.1) is 11.3 Å². The summed E-state index contributed by atoms with van der Waals surface area (Å²) in [6.07, 6.45) is -0.144. The molecule has 0 aliphatic heterocycles. The molecule has 21 heavy (non-hydrogen) atoms. The molecule has 0 aliphatic rings. The van der Waals surface area contributed by atoms with E-state index in [1.165, 1.54) is 6.92 Å². The fraction of sp³-hybridized carbons (Fsp3) is 0.692. The number of rotatable bonds is 7. The summed E-state index contributed by atoms with van der Waals surface area (Å²) in [6, 6.07) is 0. The van der Waals surface area contributed by atoms with Gasteiger partial charge in [0.05, 0.1) is 11.3 Å². The Bertz CT molecular complexity index is 411. The van der Waals surface area contributed by atoms with Gasteiger partial charge in [0.2, 0.25) is 6.79 Å². The van der Waals surface area contributed by atoms with Gasteiger partial charge in [-0.3, -0.25) is 9.59 Å². The Labute approximate surface area is 127 Å². The quantitative estimate of drug-likeness (QED) is 0.561. The van der Waals surface area contributed by atoms with E-state index in [1.807, 2.05) is 0 Å². The Morgan fingerprint density at radius 3 is 2.14 bits per heavy atom. The van der Waals surface area contributed by atoms with Crippen molar-refractivity contribution in [2.45, 2.75) is 34.1 Å². The smallest absolute Gasteiger partial charge is 0.370 e. The van der Waals surface area contributed by atoms with Gasteiger partial charge in [0.25, 0.3) is 0 Å². The van der Waals surface area contributed by atoms with Crippen LogP contribution >= 0.6 is 11.8 Å². The van der Waals surface area contributed by atoms with E-state index >= 15 is 0 Å². The number of thioether (sulfide) groups is 1. The first-order valence-corrected chi connectivity index (χ1v) is 7.21. The molecule has 0 heterocycles. The number of carboxylic acid groups (broad SMARTS) is 1. The summed E-state index contributed by atoms with van der Waals surface area (Å²) in [5.74, 6) is -2.96. The number of aliphatic carboxylic acids is 1. The lowest BCUT2D eigenvalue weighted by atomic mass is 9.98. The zero-order valence-electron chi connectivity index (χ0n) is 12.5. The van der Waals surface area contributed by atoms with Crippen molar-refractivity contribution in [3.8, 4) is 0 Å². The lowest BCUT2D eigenvalue weighted by molar-refractivity contribution is -0.160. The van der Waals surface area contributed by atoms with E-state index in [-0.39, 0.29) is 18.0 Å². The number of hydrogen-bond donors (Lipinski definition) is 1. The molecule has 120 valence electrons. The average Bonchev–Trinajstić information content (AvgIpc) is 2.32. The van der Waals surface area contributed by atoms with Crippen molar-refractivity contribution in [1.29, 1.82) is 0 Å². The standard InChI is InChI=1S/C13H20O7S/c1-8(14)5-9(10(15)16)6-21-12(18)20-7-19-11(17)13(2,3)4/h9H,5-7H2,1-4H3,(H,15,16)/t9-/m0/s1. The normalized spacial score (nSPS) is 12.4. The Hall–Kier alpha value is -1.57. The number of carboxylic acids is 1. The van der Waals surface area contributed by atoms with Gasteiger partial charge in [-0.1, -0.05) is 0 Å². The Kier molecular flexibility index (Phi) is 8.01. The molecule has 0 amide bonds. The monoisotopic (exact) mass is 320 g/mol. The maximum absolute atomic E-state index is 11.4. The largest absolute Gasteiger partial charge is 0.481 e. The van der Waals surface area contributed by atoms with Crippen LogP contribution in [0.3, 0.4) is 0 Å². The highest BCUT2D eigenvalue weighted by Crippen LogP contribution is 2.17. The molecule has 0 aliphatic carbocycles. The van der Waals surface area contributed by atoms with Crippen molar-refractivity contribution < 1.29 is 33.8 Å². The summed E-state index contributed by atoms with van der Waals surface area (Å²) in [4.78, 5) is 44.5. The van der Waals surface area contributed by atoms with Gasteiger partial charge in [0.1, 0.15) is 5.78 Å². The van der Waals surface area contributed by atoms with Crippen LogP contribution < -0.4 is 0 Å². The lowest BCUT2D eigenvalue weighted by Crippen LogP contribution is -2.24. The molecule has 0 aromatic rings. The van der Waals surface area contributed by atoms with Crippen molar-refractivity contribution in [1.82, 2.24) is 0 Å². The highest BCUT2D eigenvalue weighted by molar-refractivity contribution is 8.13. The fourth-order valence-corrected chi connectivity index (χ4v) is 1.85. The predicted molar refractivity (Wildman–Crippen MR) is 75.8 cm³/mol. The van der Waals surface area contributed by atoms with E-state index in [4.69, 9.17) is 9.84 Å². The van der Waals surface area contributed by atoms with Crippen LogP contribution in [0.4, 0.5) is 4.79 Å². The van der Waals surface area contributed by atoms with Gasteiger partial charge in [0, 0.05) is 12.2 Å². The first-order chi connectivity index (χ1) is 9.54. The third-order valence-electron chi connectivity index (χ3n) is 2.26. The van der Waals surface area contributed by atoms with Crippen LogP contribution in [-0.2, 0) is 23.9 Å². The molecule has 0 fully saturated rings. The second kappa shape index (κ2) is 8.66. The zero-order valence-corrected chi connectivity index (χ0v) is 13.3. The maximum Gasteiger partial charge on any atom is 0.370 e. The highest BCUT2D eigenvalue weighted by Gasteiger charge is 2.24. The van der Waals surface area contributed by atoms with E-state index in [0.717, 1.165) is 0 Å². The van der Waals surface area contributed by atoms with Crippen LogP contribution in [0.5, 0.6) is 0 Å². The Balaban J connectivity index is 4.07. The molecule has 0 aromatic carbocycles. The number of carbonyl (C=O) groups is 4. The number of carbonyl (C=O) groups excluding carboxylic acids is 3. The molecular weight excluding hydrogens is 300 g/mol. The lowest BCUT2D eigenvalue weighted by Gasteiger charge is -2.16. The third kappa shape index (κ3) is 9.06. The summed E-state index contributed by atoms with van der Waals surface area (Å²) in [5, 5.41) is 8.13. The van der Waals surface area contributed by atoms with E-state index in [0.29, 0.717) is 11.8 Å². The van der Waals surface area contributed by atoms with E-state index in [9.17, 15) is 19.2 Å². The van der Waals surface area contributed by atoms with Gasteiger partial charge >= 0.3 is 17.2 Å². The molecule has 0 aromatic heterocycles. The van der Waals surface area contributed by atoms with Crippen LogP contribution in [0.25, 0.3) is 0 Å². The minimum Gasteiger partial charge on any atom is -0.481 e. The molecule has 0 saturated carbocycles. The first kappa shape index (κ1) is 19.4. The molecule has 8 heteroatoms. The SMILES string of the molecule is CC(=O)C[C@@H](CSC(=O)OCOC(=O)C(C)(C)C)C(=O)O. The van der Waals surface area contributed by atoms with Gasteiger partial charge in [0.15, 0.2) is 0 Å².